The monoisotopic (exact) mass is 334 g/mol. The molecule has 1 aliphatic rings. The molecule has 0 aliphatic carbocycles. The molecule has 2 rings (SSSR count). The van der Waals surface area contributed by atoms with E-state index in [9.17, 15) is 9.18 Å². The van der Waals surface area contributed by atoms with Gasteiger partial charge >= 0.3 is 0 Å². The van der Waals surface area contributed by atoms with Crippen molar-refractivity contribution in [2.75, 3.05) is 33.4 Å². The molecule has 1 aromatic rings. The van der Waals surface area contributed by atoms with E-state index < -0.39 is 0 Å². The second kappa shape index (κ2) is 9.42. The summed E-state index contributed by atoms with van der Waals surface area (Å²) in [7, 11) is 1.55. The summed E-state index contributed by atoms with van der Waals surface area (Å²) < 4.78 is 17.7. The lowest BCUT2D eigenvalue weighted by atomic mass is 10.0. The number of amides is 1. The largest absolute Gasteiger partial charge is 0.496 e. The molecule has 24 heavy (non-hydrogen) atoms. The fourth-order valence-corrected chi connectivity index (χ4v) is 3.20. The Hall–Kier alpha value is -1.88. The number of likely N-dealkylation sites (tertiary alicyclic amines) is 1. The van der Waals surface area contributed by atoms with Gasteiger partial charge in [0.1, 0.15) is 5.75 Å². The number of hydrogen-bond acceptors (Lipinski definition) is 3. The maximum Gasteiger partial charge on any atom is 0.255 e. The van der Waals surface area contributed by atoms with E-state index in [0.717, 1.165) is 31.5 Å². The summed E-state index contributed by atoms with van der Waals surface area (Å²) in [4.78, 5) is 14.9. The Labute approximate surface area is 143 Å². The minimum absolute atomic E-state index is 0.139. The van der Waals surface area contributed by atoms with Gasteiger partial charge in [0.2, 0.25) is 0 Å². The van der Waals surface area contributed by atoms with Crippen molar-refractivity contribution < 1.29 is 13.9 Å². The molecule has 132 valence electrons. The van der Waals surface area contributed by atoms with Crippen molar-refractivity contribution in [3.05, 3.63) is 42.0 Å². The molecule has 1 aliphatic heterocycles. The van der Waals surface area contributed by atoms with E-state index in [0.29, 0.717) is 36.7 Å². The molecule has 0 spiro atoms. The maximum atomic E-state index is 12.6. The van der Waals surface area contributed by atoms with E-state index in [1.807, 2.05) is 12.1 Å². The van der Waals surface area contributed by atoms with Gasteiger partial charge in [0.05, 0.1) is 19.3 Å². The molecule has 1 atom stereocenters. The number of hydrogen-bond donors (Lipinski definition) is 1. The predicted octanol–water partition coefficient (Wildman–Crippen LogP) is 2.98. The number of aryl methyl sites for hydroxylation is 1. The third-order valence-electron chi connectivity index (χ3n) is 4.47. The zero-order chi connectivity index (χ0) is 17.4. The first kappa shape index (κ1) is 18.5. The van der Waals surface area contributed by atoms with Crippen LogP contribution in [0.1, 0.15) is 35.2 Å². The van der Waals surface area contributed by atoms with Gasteiger partial charge in [-0.2, -0.15) is 0 Å². The van der Waals surface area contributed by atoms with Crippen molar-refractivity contribution in [3.8, 4) is 5.75 Å². The van der Waals surface area contributed by atoms with E-state index in [4.69, 9.17) is 4.74 Å². The van der Waals surface area contributed by atoms with Crippen molar-refractivity contribution >= 4 is 5.91 Å². The fourth-order valence-electron chi connectivity index (χ4n) is 3.20. The van der Waals surface area contributed by atoms with Crippen LogP contribution in [0.5, 0.6) is 5.75 Å². The van der Waals surface area contributed by atoms with Crippen LogP contribution in [0, 0.1) is 0 Å². The van der Waals surface area contributed by atoms with Crippen molar-refractivity contribution in [2.24, 2.45) is 0 Å². The molecule has 1 heterocycles. The zero-order valence-corrected chi connectivity index (χ0v) is 14.4. The highest BCUT2D eigenvalue weighted by molar-refractivity contribution is 5.97. The van der Waals surface area contributed by atoms with Gasteiger partial charge in [0.15, 0.2) is 0 Å². The van der Waals surface area contributed by atoms with Crippen molar-refractivity contribution in [1.29, 1.82) is 0 Å². The van der Waals surface area contributed by atoms with E-state index in [2.05, 4.69) is 16.8 Å². The van der Waals surface area contributed by atoms with E-state index >= 15 is 0 Å². The third kappa shape index (κ3) is 4.81. The maximum absolute atomic E-state index is 12.6. The molecule has 0 radical (unpaired) electrons. The molecule has 1 aromatic carbocycles. The number of benzene rings is 1. The van der Waals surface area contributed by atoms with Gasteiger partial charge in [-0.1, -0.05) is 12.1 Å². The van der Waals surface area contributed by atoms with Gasteiger partial charge in [-0.25, -0.2) is 0 Å². The van der Waals surface area contributed by atoms with Gasteiger partial charge in [-0.15, -0.1) is 6.58 Å². The molecular formula is C19H27FN2O2. The van der Waals surface area contributed by atoms with Crippen LogP contribution in [0.3, 0.4) is 0 Å². The first-order valence-electron chi connectivity index (χ1n) is 8.55. The number of alkyl halides is 1. The first-order chi connectivity index (χ1) is 11.7. The summed E-state index contributed by atoms with van der Waals surface area (Å²) in [6, 6.07) is 5.82. The van der Waals surface area contributed by atoms with E-state index in [1.54, 1.807) is 19.2 Å². The Morgan fingerprint density at radius 1 is 1.54 bits per heavy atom. The molecular weight excluding hydrogens is 307 g/mol. The van der Waals surface area contributed by atoms with E-state index in [-0.39, 0.29) is 12.6 Å². The quantitative estimate of drug-likeness (QED) is 0.706. The highest BCUT2D eigenvalue weighted by Gasteiger charge is 2.24. The van der Waals surface area contributed by atoms with Crippen molar-refractivity contribution in [3.63, 3.8) is 0 Å². The number of carbonyl (C=O) groups excluding carboxylic acids is 1. The Kier molecular flexibility index (Phi) is 7.25. The molecule has 1 N–H and O–H groups in total. The molecule has 1 saturated heterocycles. The van der Waals surface area contributed by atoms with Crippen LogP contribution in [0.2, 0.25) is 0 Å². The zero-order valence-electron chi connectivity index (χ0n) is 14.4. The average molecular weight is 334 g/mol. The predicted molar refractivity (Wildman–Crippen MR) is 94.4 cm³/mol. The summed E-state index contributed by atoms with van der Waals surface area (Å²) in [5.74, 6) is 0.408. The molecule has 0 unspecified atom stereocenters. The lowest BCUT2D eigenvalue weighted by Crippen LogP contribution is -2.40. The number of ether oxygens (including phenoxy) is 1. The first-order valence-corrected chi connectivity index (χ1v) is 8.55. The summed E-state index contributed by atoms with van der Waals surface area (Å²) >= 11 is 0. The molecule has 1 amide bonds. The van der Waals surface area contributed by atoms with Crippen LogP contribution < -0.4 is 10.1 Å². The van der Waals surface area contributed by atoms with Crippen molar-refractivity contribution in [1.82, 2.24) is 10.2 Å². The Balaban J connectivity index is 2.01. The number of carbonyl (C=O) groups is 1. The topological polar surface area (TPSA) is 41.6 Å². The Morgan fingerprint density at radius 3 is 3.08 bits per heavy atom. The Bertz CT molecular complexity index is 562. The number of nitrogens with zero attached hydrogens (tertiary/aromatic N) is 1. The normalized spacial score (nSPS) is 17.7. The smallest absolute Gasteiger partial charge is 0.255 e. The summed E-state index contributed by atoms with van der Waals surface area (Å²) in [5, 5.41) is 3.02. The van der Waals surface area contributed by atoms with Crippen LogP contribution in [0.15, 0.2) is 30.9 Å². The van der Waals surface area contributed by atoms with Crippen LogP contribution in [0.25, 0.3) is 0 Å². The highest BCUT2D eigenvalue weighted by Crippen LogP contribution is 2.21. The number of nitrogens with one attached hydrogen (secondary N) is 1. The SMILES string of the molecule is C=CCN1CCC[C@H]1CNC(=O)c1cc(CCCF)ccc1OC. The molecule has 4 nitrogen and oxygen atoms in total. The molecule has 0 saturated carbocycles. The van der Waals surface area contributed by atoms with E-state index in [1.165, 1.54) is 0 Å². The fraction of sp³-hybridized carbons (Fsp3) is 0.526. The van der Waals surface area contributed by atoms with Crippen LogP contribution in [0.4, 0.5) is 4.39 Å². The summed E-state index contributed by atoms with van der Waals surface area (Å²) in [6.07, 6.45) is 5.22. The average Bonchev–Trinajstić information content (AvgIpc) is 3.05. The number of rotatable bonds is 9. The third-order valence-corrected chi connectivity index (χ3v) is 4.47. The molecule has 1 fully saturated rings. The van der Waals surface area contributed by atoms with Gasteiger partial charge in [-0.3, -0.25) is 14.1 Å². The van der Waals surface area contributed by atoms with Crippen LogP contribution >= 0.6 is 0 Å². The number of methoxy groups -OCH3 is 1. The van der Waals surface area contributed by atoms with Crippen LogP contribution in [-0.4, -0.2) is 50.3 Å². The minimum atomic E-state index is -0.353. The van der Waals surface area contributed by atoms with Gasteiger partial charge in [0.25, 0.3) is 5.91 Å². The Morgan fingerprint density at radius 2 is 2.38 bits per heavy atom. The summed E-state index contributed by atoms with van der Waals surface area (Å²) in [6.45, 7) is 5.95. The summed E-state index contributed by atoms with van der Waals surface area (Å²) in [5.41, 5.74) is 1.47. The van der Waals surface area contributed by atoms with Gasteiger partial charge < -0.3 is 10.1 Å². The minimum Gasteiger partial charge on any atom is -0.496 e. The van der Waals surface area contributed by atoms with Gasteiger partial charge in [0, 0.05) is 19.1 Å². The lowest BCUT2D eigenvalue weighted by Gasteiger charge is -2.23. The molecule has 0 aromatic heterocycles. The lowest BCUT2D eigenvalue weighted by molar-refractivity contribution is 0.0939. The standard InChI is InChI=1S/C19H27FN2O2/c1-3-11-22-12-5-7-16(22)14-21-19(23)17-13-15(6-4-10-20)8-9-18(17)24-2/h3,8-9,13,16H,1,4-7,10-12,14H2,2H3,(H,21,23)/t16-/m0/s1. The molecule has 0 bridgehead atoms. The van der Waals surface area contributed by atoms with Crippen molar-refractivity contribution in [2.45, 2.75) is 31.7 Å². The van der Waals surface area contributed by atoms with Gasteiger partial charge in [-0.05, 0) is 49.9 Å². The second-order valence-electron chi connectivity index (χ2n) is 6.12. The van der Waals surface area contributed by atoms with Crippen LogP contribution in [-0.2, 0) is 6.42 Å². The highest BCUT2D eigenvalue weighted by atomic mass is 19.1. The second-order valence-corrected chi connectivity index (χ2v) is 6.12. The molecule has 5 heteroatoms. The number of halogens is 1.